The van der Waals surface area contributed by atoms with Gasteiger partial charge in [0.1, 0.15) is 17.5 Å². The number of furan rings is 1. The van der Waals surface area contributed by atoms with E-state index in [1.165, 1.54) is 50.2 Å². The Labute approximate surface area is 461 Å². The van der Waals surface area contributed by atoms with Crippen LogP contribution in [0.15, 0.2) is 302 Å². The summed E-state index contributed by atoms with van der Waals surface area (Å²) in [5.74, 6) is 0. The van der Waals surface area contributed by atoms with E-state index < -0.39 is 0 Å². The summed E-state index contributed by atoms with van der Waals surface area (Å²) in [6, 6.07) is 102. The fraction of sp³-hybridized carbons (Fsp3) is 0.0135. The minimum atomic E-state index is 0.639. The molecule has 0 spiro atoms. The van der Waals surface area contributed by atoms with E-state index in [-0.39, 0.29) is 0 Å². The van der Waals surface area contributed by atoms with Crippen LogP contribution in [0.2, 0.25) is 0 Å². The Balaban J connectivity index is 0.00000151. The molecule has 0 amide bonds. The van der Waals surface area contributed by atoms with Crippen LogP contribution in [0, 0.1) is 0 Å². The molecule has 0 aliphatic rings. The van der Waals surface area contributed by atoms with Crippen LogP contribution < -0.4 is 15.1 Å². The van der Waals surface area contributed by atoms with Crippen LogP contribution in [0.1, 0.15) is 0 Å². The van der Waals surface area contributed by atoms with E-state index in [1.54, 1.807) is 0 Å². The number of aldehydes is 1. The van der Waals surface area contributed by atoms with E-state index in [1.807, 2.05) is 19.2 Å². The largest absolute Gasteiger partial charge is 0.455 e. The molecule has 5 heteroatoms. The van der Waals surface area contributed by atoms with E-state index in [4.69, 9.17) is 9.21 Å². The van der Waals surface area contributed by atoms with Crippen LogP contribution in [0.5, 0.6) is 0 Å². The van der Waals surface area contributed by atoms with Gasteiger partial charge in [0.2, 0.25) is 0 Å². The van der Waals surface area contributed by atoms with E-state index >= 15 is 0 Å². The molecular weight excluding hydrogens is 963 g/mol. The normalized spacial score (nSPS) is 10.9. The van der Waals surface area contributed by atoms with Crippen LogP contribution in [-0.4, -0.2) is 13.3 Å². The molecule has 378 valence electrons. The molecule has 0 fully saturated rings. The summed E-state index contributed by atoms with van der Waals surface area (Å²) in [7, 11) is 1.95. The zero-order valence-electron chi connectivity index (χ0n) is 43.7. The number of anilines is 7. The van der Waals surface area contributed by atoms with E-state index in [0.717, 1.165) is 84.0 Å². The molecule has 12 aromatic carbocycles. The van der Waals surface area contributed by atoms with Gasteiger partial charge in [-0.05, 0) is 158 Å². The van der Waals surface area contributed by atoms with Crippen molar-refractivity contribution in [3.05, 3.63) is 298 Å². The van der Waals surface area contributed by atoms with Gasteiger partial charge < -0.3 is 19.5 Å². The summed E-state index contributed by atoms with van der Waals surface area (Å²) in [6.45, 7) is 3.11. The topological polar surface area (TPSA) is 48.7 Å². The quantitative estimate of drug-likeness (QED) is 0.0921. The summed E-state index contributed by atoms with van der Waals surface area (Å²) < 4.78 is 6.45. The third-order valence-electron chi connectivity index (χ3n) is 14.6. The van der Waals surface area contributed by atoms with Crippen molar-refractivity contribution in [2.24, 2.45) is 0 Å². The smallest absolute Gasteiger partial charge is 0.143 e. The molecule has 0 saturated carbocycles. The number of rotatable bonds is 13. The molecule has 0 saturated heterocycles. The number of hydrogen-bond donors (Lipinski definition) is 1. The fourth-order valence-electron chi connectivity index (χ4n) is 10.6. The fourth-order valence-corrected chi connectivity index (χ4v) is 10.6. The van der Waals surface area contributed by atoms with Gasteiger partial charge in [-0.15, -0.1) is 0 Å². The lowest BCUT2D eigenvalue weighted by atomic mass is 9.98. The van der Waals surface area contributed by atoms with Gasteiger partial charge in [-0.2, -0.15) is 0 Å². The molecule has 1 heterocycles. The van der Waals surface area contributed by atoms with Crippen LogP contribution in [-0.2, 0) is 4.79 Å². The van der Waals surface area contributed by atoms with Gasteiger partial charge >= 0.3 is 0 Å². The van der Waals surface area contributed by atoms with Crippen molar-refractivity contribution in [2.45, 2.75) is 0 Å². The first-order chi connectivity index (χ1) is 39.0. The molecular formula is C74H55N3O2. The van der Waals surface area contributed by atoms with E-state index in [9.17, 15) is 0 Å². The highest BCUT2D eigenvalue weighted by molar-refractivity contribution is 6.09. The third kappa shape index (κ3) is 10.2. The van der Waals surface area contributed by atoms with Gasteiger partial charge in [0, 0.05) is 63.2 Å². The monoisotopic (exact) mass is 1020 g/mol. The lowest BCUT2D eigenvalue weighted by Crippen LogP contribution is -2.10. The SMILES string of the molecule is C=CC=O.CNc1ccc(-c2ccc(N(c3ccc(-c4ccc(N(c5ccc(-c6ccccc6)cc5)c5ccc(-c6cccc7c6oc6ccccc67)cc5)cc4)cc3)c3ccc(-c4cccc5ccccc45)cc3)cc2)cc1. The molecule has 0 unspecified atom stereocenters. The maximum Gasteiger partial charge on any atom is 0.143 e. The molecule has 0 bridgehead atoms. The van der Waals surface area contributed by atoms with E-state index in [2.05, 4.69) is 295 Å². The Hall–Kier alpha value is -10.5. The zero-order chi connectivity index (χ0) is 53.5. The minimum Gasteiger partial charge on any atom is -0.455 e. The van der Waals surface area contributed by atoms with Crippen molar-refractivity contribution in [1.29, 1.82) is 0 Å². The zero-order valence-corrected chi connectivity index (χ0v) is 43.7. The molecule has 13 aromatic rings. The van der Waals surface area contributed by atoms with Gasteiger partial charge in [-0.1, -0.05) is 201 Å². The summed E-state index contributed by atoms with van der Waals surface area (Å²) in [4.78, 5) is 13.7. The number of nitrogens with one attached hydrogen (secondary N) is 1. The van der Waals surface area contributed by atoms with Gasteiger partial charge in [-0.3, -0.25) is 4.79 Å². The lowest BCUT2D eigenvalue weighted by Gasteiger charge is -2.27. The number of nitrogens with zero attached hydrogens (tertiary/aromatic N) is 2. The van der Waals surface area contributed by atoms with Gasteiger partial charge in [0.15, 0.2) is 0 Å². The summed E-state index contributed by atoms with van der Waals surface area (Å²) in [5, 5.41) is 7.97. The van der Waals surface area contributed by atoms with Crippen molar-refractivity contribution in [3.8, 4) is 55.6 Å². The Morgan fingerprint density at radius 1 is 0.342 bits per heavy atom. The minimum absolute atomic E-state index is 0.639. The molecule has 1 N–H and O–H groups in total. The van der Waals surface area contributed by atoms with Crippen LogP contribution >= 0.6 is 0 Å². The number of carbonyl (C=O) groups excluding carboxylic acids is 1. The highest BCUT2D eigenvalue weighted by Gasteiger charge is 2.18. The molecule has 79 heavy (non-hydrogen) atoms. The van der Waals surface area contributed by atoms with Crippen molar-refractivity contribution in [2.75, 3.05) is 22.2 Å². The average Bonchev–Trinajstić information content (AvgIpc) is 3.93. The maximum atomic E-state index is 9.06. The van der Waals surface area contributed by atoms with Crippen molar-refractivity contribution >= 4 is 78.8 Å². The Kier molecular flexibility index (Phi) is 14.0. The van der Waals surface area contributed by atoms with Crippen LogP contribution in [0.25, 0.3) is 88.3 Å². The lowest BCUT2D eigenvalue weighted by molar-refractivity contribution is -0.104. The number of para-hydroxylation sites is 2. The highest BCUT2D eigenvalue weighted by Crippen LogP contribution is 2.42. The van der Waals surface area contributed by atoms with E-state index in [0.29, 0.717) is 6.29 Å². The van der Waals surface area contributed by atoms with Gasteiger partial charge in [-0.25, -0.2) is 0 Å². The predicted molar refractivity (Wildman–Crippen MR) is 334 cm³/mol. The average molecular weight is 1020 g/mol. The van der Waals surface area contributed by atoms with Crippen molar-refractivity contribution < 1.29 is 9.21 Å². The van der Waals surface area contributed by atoms with Crippen molar-refractivity contribution in [3.63, 3.8) is 0 Å². The second-order valence-electron chi connectivity index (χ2n) is 19.3. The first-order valence-corrected chi connectivity index (χ1v) is 26.5. The summed E-state index contributed by atoms with van der Waals surface area (Å²) >= 11 is 0. The second-order valence-corrected chi connectivity index (χ2v) is 19.3. The van der Waals surface area contributed by atoms with Gasteiger partial charge in [0.25, 0.3) is 0 Å². The summed E-state index contributed by atoms with van der Waals surface area (Å²) in [6.07, 6.45) is 1.83. The highest BCUT2D eigenvalue weighted by atomic mass is 16.3. The Morgan fingerprint density at radius 2 is 0.684 bits per heavy atom. The molecule has 0 radical (unpaired) electrons. The number of fused-ring (bicyclic) bond motifs is 4. The molecule has 13 rings (SSSR count). The first kappa shape index (κ1) is 49.4. The molecule has 0 atom stereocenters. The third-order valence-corrected chi connectivity index (χ3v) is 14.6. The van der Waals surface area contributed by atoms with Crippen LogP contribution in [0.3, 0.4) is 0 Å². The number of hydrogen-bond acceptors (Lipinski definition) is 5. The Morgan fingerprint density at radius 3 is 1.15 bits per heavy atom. The molecule has 1 aromatic heterocycles. The summed E-state index contributed by atoms with van der Waals surface area (Å²) in [5.41, 5.74) is 20.9. The first-order valence-electron chi connectivity index (χ1n) is 26.5. The standard InChI is InChI=1S/C71H51N3O.C3H4O/c1-72-58-35-21-50(22-36-58)52-25-39-60(40-26-52)73(63-45-31-56(32-46-63)66-17-9-14-55-13-5-6-15-65(55)66)61-41-27-53(28-42-61)54-29-43-62(44-30-54)74(59-37-23-51(24-38-59)49-11-3-2-4-12-49)64-47-33-57(34-48-64)67-18-10-19-69-68-16-7-8-20-70(68)75-71(67)69;1-2-3-4/h2-48,72H,1H3;2-3H,1H2. The number of carbonyl (C=O) groups is 1. The Bertz CT molecular complexity index is 4200. The van der Waals surface area contributed by atoms with Crippen molar-refractivity contribution in [1.82, 2.24) is 0 Å². The van der Waals surface area contributed by atoms with Gasteiger partial charge in [0.05, 0.1) is 0 Å². The molecule has 5 nitrogen and oxygen atoms in total. The second kappa shape index (κ2) is 22.4. The molecule has 0 aliphatic heterocycles. The number of benzene rings is 12. The predicted octanol–water partition coefficient (Wildman–Crippen LogP) is 20.4. The maximum absolute atomic E-state index is 9.06. The number of allylic oxidation sites excluding steroid dienone is 1. The van der Waals surface area contributed by atoms with Crippen LogP contribution in [0.4, 0.5) is 39.8 Å². The molecule has 0 aliphatic carbocycles.